The number of fused-ring (bicyclic) bond motifs is 1. The van der Waals surface area contributed by atoms with E-state index in [-0.39, 0.29) is 12.2 Å². The number of hydrogen-bond donors (Lipinski definition) is 2. The maximum Gasteiger partial charge on any atom is 0.262 e. The largest absolute Gasteiger partial charge is 0.396 e. The molecule has 0 radical (unpaired) electrons. The molecular formula is C13H18N4O2. The minimum atomic E-state index is -0.137. The summed E-state index contributed by atoms with van der Waals surface area (Å²) in [6, 6.07) is 0.373. The first-order valence-electron chi connectivity index (χ1n) is 6.87. The number of nitrogens with one attached hydrogen (secondary N) is 1. The SMILES string of the molecule is O=c1[nH]c(CCCO)nc2c1cnn2C1CCCC1. The number of rotatable bonds is 4. The van der Waals surface area contributed by atoms with Crippen LogP contribution in [0.25, 0.3) is 11.0 Å². The molecule has 2 N–H and O–H groups in total. The zero-order valence-corrected chi connectivity index (χ0v) is 10.8. The van der Waals surface area contributed by atoms with Crippen molar-refractivity contribution >= 4 is 11.0 Å². The molecule has 0 spiro atoms. The lowest BCUT2D eigenvalue weighted by Gasteiger charge is -2.10. The fourth-order valence-electron chi connectivity index (χ4n) is 2.76. The Balaban J connectivity index is 2.04. The molecule has 1 saturated carbocycles. The monoisotopic (exact) mass is 262 g/mol. The van der Waals surface area contributed by atoms with E-state index in [1.54, 1.807) is 6.20 Å². The molecule has 0 unspecified atom stereocenters. The number of aryl methyl sites for hydroxylation is 1. The van der Waals surface area contributed by atoms with Crippen LogP contribution in [0.3, 0.4) is 0 Å². The molecule has 1 fully saturated rings. The Labute approximate surface area is 110 Å². The number of aromatic amines is 1. The predicted molar refractivity (Wildman–Crippen MR) is 71.1 cm³/mol. The lowest BCUT2D eigenvalue weighted by molar-refractivity contribution is 0.287. The lowest BCUT2D eigenvalue weighted by Crippen LogP contribution is -2.14. The fraction of sp³-hybridized carbons (Fsp3) is 0.615. The summed E-state index contributed by atoms with van der Waals surface area (Å²) in [6.07, 6.45) is 7.44. The van der Waals surface area contributed by atoms with Gasteiger partial charge in [-0.15, -0.1) is 0 Å². The Kier molecular flexibility index (Phi) is 3.33. The molecule has 6 heteroatoms. The molecule has 6 nitrogen and oxygen atoms in total. The van der Waals surface area contributed by atoms with E-state index in [2.05, 4.69) is 15.1 Å². The van der Waals surface area contributed by atoms with E-state index in [1.807, 2.05) is 4.68 Å². The molecular weight excluding hydrogens is 244 g/mol. The second-order valence-corrected chi connectivity index (χ2v) is 5.10. The number of aliphatic hydroxyl groups is 1. The second-order valence-electron chi connectivity index (χ2n) is 5.10. The highest BCUT2D eigenvalue weighted by Crippen LogP contribution is 2.30. The van der Waals surface area contributed by atoms with Gasteiger partial charge < -0.3 is 10.1 Å². The Hall–Kier alpha value is -1.69. The van der Waals surface area contributed by atoms with Gasteiger partial charge in [0.1, 0.15) is 11.2 Å². The summed E-state index contributed by atoms with van der Waals surface area (Å²) in [5.74, 6) is 0.631. The van der Waals surface area contributed by atoms with Crippen LogP contribution in [0.5, 0.6) is 0 Å². The fourth-order valence-corrected chi connectivity index (χ4v) is 2.76. The number of aliphatic hydroxyl groups excluding tert-OH is 1. The first kappa shape index (κ1) is 12.3. The third-order valence-electron chi connectivity index (χ3n) is 3.75. The summed E-state index contributed by atoms with van der Waals surface area (Å²) in [4.78, 5) is 19.2. The summed E-state index contributed by atoms with van der Waals surface area (Å²) in [7, 11) is 0. The highest BCUT2D eigenvalue weighted by Gasteiger charge is 2.21. The number of aromatic nitrogens is 4. The van der Waals surface area contributed by atoms with Crippen molar-refractivity contribution in [3.8, 4) is 0 Å². The van der Waals surface area contributed by atoms with Crippen molar-refractivity contribution in [2.45, 2.75) is 44.6 Å². The summed E-state index contributed by atoms with van der Waals surface area (Å²) >= 11 is 0. The molecule has 0 saturated heterocycles. The van der Waals surface area contributed by atoms with E-state index in [1.165, 1.54) is 12.8 Å². The van der Waals surface area contributed by atoms with Crippen molar-refractivity contribution in [3.63, 3.8) is 0 Å². The number of nitrogens with zero attached hydrogens (tertiary/aromatic N) is 3. The van der Waals surface area contributed by atoms with Crippen LogP contribution in [0.4, 0.5) is 0 Å². The molecule has 1 aliphatic rings. The van der Waals surface area contributed by atoms with Gasteiger partial charge in [0.2, 0.25) is 0 Å². The maximum absolute atomic E-state index is 12.0. The van der Waals surface area contributed by atoms with Gasteiger partial charge in [0.25, 0.3) is 5.56 Å². The highest BCUT2D eigenvalue weighted by atomic mass is 16.2. The van der Waals surface area contributed by atoms with Gasteiger partial charge in [-0.2, -0.15) is 5.10 Å². The van der Waals surface area contributed by atoms with Crippen LogP contribution in [0.1, 0.15) is 44.0 Å². The summed E-state index contributed by atoms with van der Waals surface area (Å²) < 4.78 is 1.90. The van der Waals surface area contributed by atoms with Gasteiger partial charge in [0, 0.05) is 13.0 Å². The normalized spacial score (nSPS) is 16.5. The van der Waals surface area contributed by atoms with E-state index in [4.69, 9.17) is 5.11 Å². The molecule has 1 aliphatic carbocycles. The van der Waals surface area contributed by atoms with Gasteiger partial charge in [-0.1, -0.05) is 12.8 Å². The van der Waals surface area contributed by atoms with Crippen LogP contribution in [0.2, 0.25) is 0 Å². The average molecular weight is 262 g/mol. The quantitative estimate of drug-likeness (QED) is 0.866. The van der Waals surface area contributed by atoms with Crippen molar-refractivity contribution in [1.82, 2.24) is 19.7 Å². The van der Waals surface area contributed by atoms with Crippen LogP contribution in [0.15, 0.2) is 11.0 Å². The molecule has 0 aromatic carbocycles. The number of hydrogen-bond acceptors (Lipinski definition) is 4. The zero-order chi connectivity index (χ0) is 13.2. The molecule has 2 aromatic heterocycles. The van der Waals surface area contributed by atoms with Crippen LogP contribution < -0.4 is 5.56 Å². The van der Waals surface area contributed by atoms with E-state index in [0.29, 0.717) is 35.7 Å². The van der Waals surface area contributed by atoms with Crippen molar-refractivity contribution < 1.29 is 5.11 Å². The number of H-pyrrole nitrogens is 1. The van der Waals surface area contributed by atoms with Gasteiger partial charge in [-0.3, -0.25) is 4.79 Å². The Morgan fingerprint density at radius 2 is 2.21 bits per heavy atom. The summed E-state index contributed by atoms with van der Waals surface area (Å²) in [5, 5.41) is 13.8. The Morgan fingerprint density at radius 1 is 1.42 bits per heavy atom. The standard InChI is InChI=1S/C13H18N4O2/c18-7-3-6-11-15-12-10(13(19)16-11)8-14-17(12)9-4-1-2-5-9/h8-9,18H,1-7H2,(H,15,16,19). The average Bonchev–Trinajstić information content (AvgIpc) is 3.04. The third kappa shape index (κ3) is 2.28. The minimum absolute atomic E-state index is 0.101. The van der Waals surface area contributed by atoms with Crippen molar-refractivity contribution in [3.05, 3.63) is 22.4 Å². The molecule has 2 aromatic rings. The van der Waals surface area contributed by atoms with Crippen LogP contribution >= 0.6 is 0 Å². The van der Waals surface area contributed by atoms with Gasteiger partial charge in [0.05, 0.1) is 12.2 Å². The summed E-state index contributed by atoms with van der Waals surface area (Å²) in [6.45, 7) is 0.101. The van der Waals surface area contributed by atoms with Gasteiger partial charge in [-0.25, -0.2) is 9.67 Å². The van der Waals surface area contributed by atoms with E-state index >= 15 is 0 Å². The van der Waals surface area contributed by atoms with Gasteiger partial charge in [-0.05, 0) is 19.3 Å². The molecule has 0 bridgehead atoms. The predicted octanol–water partition coefficient (Wildman–Crippen LogP) is 1.16. The molecule has 102 valence electrons. The molecule has 19 heavy (non-hydrogen) atoms. The second kappa shape index (κ2) is 5.13. The molecule has 0 amide bonds. The van der Waals surface area contributed by atoms with Crippen LogP contribution in [-0.4, -0.2) is 31.5 Å². The highest BCUT2D eigenvalue weighted by molar-refractivity contribution is 5.73. The van der Waals surface area contributed by atoms with Crippen molar-refractivity contribution in [2.75, 3.05) is 6.61 Å². The maximum atomic E-state index is 12.0. The topological polar surface area (TPSA) is 83.8 Å². The molecule has 0 aliphatic heterocycles. The van der Waals surface area contributed by atoms with Crippen LogP contribution in [-0.2, 0) is 6.42 Å². The Bertz CT molecular complexity index is 625. The first-order valence-corrected chi connectivity index (χ1v) is 6.87. The minimum Gasteiger partial charge on any atom is -0.396 e. The molecule has 3 rings (SSSR count). The lowest BCUT2D eigenvalue weighted by atomic mass is 10.2. The molecule has 0 atom stereocenters. The smallest absolute Gasteiger partial charge is 0.262 e. The Morgan fingerprint density at radius 3 is 2.95 bits per heavy atom. The first-order chi connectivity index (χ1) is 9.29. The van der Waals surface area contributed by atoms with Gasteiger partial charge in [0.15, 0.2) is 5.65 Å². The van der Waals surface area contributed by atoms with E-state index in [0.717, 1.165) is 12.8 Å². The van der Waals surface area contributed by atoms with E-state index in [9.17, 15) is 4.79 Å². The van der Waals surface area contributed by atoms with Crippen molar-refractivity contribution in [1.29, 1.82) is 0 Å². The van der Waals surface area contributed by atoms with E-state index < -0.39 is 0 Å². The van der Waals surface area contributed by atoms with Crippen LogP contribution in [0, 0.1) is 0 Å². The summed E-state index contributed by atoms with van der Waals surface area (Å²) in [5.41, 5.74) is 0.547. The van der Waals surface area contributed by atoms with Crippen molar-refractivity contribution in [2.24, 2.45) is 0 Å². The third-order valence-corrected chi connectivity index (χ3v) is 3.75. The zero-order valence-electron chi connectivity index (χ0n) is 10.8. The van der Waals surface area contributed by atoms with Gasteiger partial charge >= 0.3 is 0 Å². The molecule has 2 heterocycles.